The van der Waals surface area contributed by atoms with Gasteiger partial charge in [-0.3, -0.25) is 10.1 Å². The average molecular weight is 210 g/mol. The maximum Gasteiger partial charge on any atom is 0.271 e. The number of nitrogens with zero attached hydrogens (tertiary/aromatic N) is 2. The van der Waals surface area contributed by atoms with Crippen LogP contribution >= 0.6 is 0 Å². The van der Waals surface area contributed by atoms with Gasteiger partial charge in [0.25, 0.3) is 5.69 Å². The molecule has 5 nitrogen and oxygen atoms in total. The van der Waals surface area contributed by atoms with Gasteiger partial charge in [-0.25, -0.2) is 0 Å². The molecule has 82 valence electrons. The largest absolute Gasteiger partial charge is 0.395 e. The summed E-state index contributed by atoms with van der Waals surface area (Å²) in [6.45, 7) is 2.37. The van der Waals surface area contributed by atoms with Crippen LogP contribution in [0.3, 0.4) is 0 Å². The Morgan fingerprint density at radius 3 is 2.73 bits per heavy atom. The number of hydrogen-bond donors (Lipinski definition) is 1. The number of likely N-dealkylation sites (N-methyl/N-ethyl adjacent to an activating group) is 1. The summed E-state index contributed by atoms with van der Waals surface area (Å²) >= 11 is 0. The lowest BCUT2D eigenvalue weighted by atomic mass is 10.1. The van der Waals surface area contributed by atoms with Crippen LogP contribution in [0.1, 0.15) is 5.56 Å². The van der Waals surface area contributed by atoms with Crippen molar-refractivity contribution in [1.82, 2.24) is 0 Å². The van der Waals surface area contributed by atoms with E-state index in [1.165, 1.54) is 12.1 Å². The van der Waals surface area contributed by atoms with Crippen molar-refractivity contribution < 1.29 is 10.0 Å². The number of hydrogen-bond acceptors (Lipinski definition) is 4. The van der Waals surface area contributed by atoms with Crippen LogP contribution in [-0.2, 0) is 0 Å². The van der Waals surface area contributed by atoms with Crippen LogP contribution in [-0.4, -0.2) is 30.2 Å². The van der Waals surface area contributed by atoms with Crippen LogP contribution in [0, 0.1) is 17.0 Å². The summed E-state index contributed by atoms with van der Waals surface area (Å²) < 4.78 is 0. The van der Waals surface area contributed by atoms with Crippen molar-refractivity contribution in [2.24, 2.45) is 0 Å². The highest BCUT2D eigenvalue weighted by Crippen LogP contribution is 2.24. The van der Waals surface area contributed by atoms with Gasteiger partial charge in [0.1, 0.15) is 0 Å². The molecule has 1 rings (SSSR count). The molecule has 0 radical (unpaired) electrons. The Kier molecular flexibility index (Phi) is 3.62. The van der Waals surface area contributed by atoms with Gasteiger partial charge in [-0.1, -0.05) is 6.07 Å². The van der Waals surface area contributed by atoms with Crippen LogP contribution in [0.4, 0.5) is 11.4 Å². The van der Waals surface area contributed by atoms with Crippen LogP contribution in [0.15, 0.2) is 18.2 Å². The smallest absolute Gasteiger partial charge is 0.271 e. The second kappa shape index (κ2) is 4.75. The highest BCUT2D eigenvalue weighted by molar-refractivity contribution is 5.58. The lowest BCUT2D eigenvalue weighted by Gasteiger charge is -2.19. The molecule has 0 amide bonds. The molecule has 5 heteroatoms. The molecular formula is C10H14N2O3. The molecule has 0 unspecified atom stereocenters. The number of nitro groups is 1. The molecule has 0 aliphatic heterocycles. The van der Waals surface area contributed by atoms with Gasteiger partial charge < -0.3 is 10.0 Å². The first-order chi connectivity index (χ1) is 7.06. The fraction of sp³-hybridized carbons (Fsp3) is 0.400. The van der Waals surface area contributed by atoms with Gasteiger partial charge in [-0.15, -0.1) is 0 Å². The summed E-state index contributed by atoms with van der Waals surface area (Å²) in [6.07, 6.45) is 0. The van der Waals surface area contributed by atoms with E-state index < -0.39 is 4.92 Å². The molecule has 15 heavy (non-hydrogen) atoms. The molecule has 0 heterocycles. The van der Waals surface area contributed by atoms with Crippen molar-refractivity contribution in [3.63, 3.8) is 0 Å². The van der Waals surface area contributed by atoms with Crippen molar-refractivity contribution >= 4 is 11.4 Å². The van der Waals surface area contributed by atoms with Gasteiger partial charge in [-0.05, 0) is 12.5 Å². The molecule has 0 aliphatic rings. The summed E-state index contributed by atoms with van der Waals surface area (Å²) in [4.78, 5) is 12.0. The molecule has 0 spiro atoms. The van der Waals surface area contributed by atoms with Gasteiger partial charge in [-0.2, -0.15) is 0 Å². The number of nitro benzene ring substituents is 1. The minimum Gasteiger partial charge on any atom is -0.395 e. The van der Waals surface area contributed by atoms with Gasteiger partial charge in [0.2, 0.25) is 0 Å². The topological polar surface area (TPSA) is 66.6 Å². The van der Waals surface area contributed by atoms with Gasteiger partial charge in [0.05, 0.1) is 11.5 Å². The molecule has 1 N–H and O–H groups in total. The molecular weight excluding hydrogens is 196 g/mol. The molecule has 1 aromatic carbocycles. The number of aliphatic hydroxyl groups is 1. The van der Waals surface area contributed by atoms with E-state index in [9.17, 15) is 10.1 Å². The maximum absolute atomic E-state index is 10.6. The third-order valence-electron chi connectivity index (χ3n) is 2.25. The van der Waals surface area contributed by atoms with Crippen LogP contribution in [0.2, 0.25) is 0 Å². The van der Waals surface area contributed by atoms with Crippen molar-refractivity contribution in [3.8, 4) is 0 Å². The summed E-state index contributed by atoms with van der Waals surface area (Å²) in [7, 11) is 1.79. The molecule has 0 saturated heterocycles. The molecule has 0 atom stereocenters. The number of aryl methyl sites for hydroxylation is 1. The van der Waals surface area contributed by atoms with E-state index in [4.69, 9.17) is 5.11 Å². The number of anilines is 1. The summed E-state index contributed by atoms with van der Waals surface area (Å²) in [5, 5.41) is 19.4. The summed E-state index contributed by atoms with van der Waals surface area (Å²) in [5.41, 5.74) is 1.80. The van der Waals surface area contributed by atoms with E-state index >= 15 is 0 Å². The zero-order chi connectivity index (χ0) is 11.4. The van der Waals surface area contributed by atoms with Gasteiger partial charge in [0.15, 0.2) is 0 Å². The van der Waals surface area contributed by atoms with Crippen LogP contribution < -0.4 is 4.90 Å². The second-order valence-corrected chi connectivity index (χ2v) is 3.37. The quantitative estimate of drug-likeness (QED) is 0.601. The predicted octanol–water partition coefficient (Wildman–Crippen LogP) is 1.33. The maximum atomic E-state index is 10.6. The standard InChI is InChI=1S/C10H14N2O3/c1-8-3-4-9(12(14)15)7-10(8)11(2)5-6-13/h3-4,7,13H,5-6H2,1-2H3. The molecule has 0 saturated carbocycles. The summed E-state index contributed by atoms with van der Waals surface area (Å²) in [5.74, 6) is 0. The van der Waals surface area contributed by atoms with Crippen molar-refractivity contribution in [2.75, 3.05) is 25.1 Å². The SMILES string of the molecule is Cc1ccc([N+](=O)[O-])cc1N(C)CCO. The van der Waals surface area contributed by atoms with Gasteiger partial charge in [0, 0.05) is 31.4 Å². The first-order valence-corrected chi connectivity index (χ1v) is 4.63. The van der Waals surface area contributed by atoms with E-state index in [0.29, 0.717) is 6.54 Å². The van der Waals surface area contributed by atoms with Crippen molar-refractivity contribution in [3.05, 3.63) is 33.9 Å². The summed E-state index contributed by atoms with van der Waals surface area (Å²) in [6, 6.07) is 4.71. The zero-order valence-electron chi connectivity index (χ0n) is 8.80. The number of aliphatic hydroxyl groups excluding tert-OH is 1. The minimum absolute atomic E-state index is 0.0264. The van der Waals surface area contributed by atoms with E-state index in [1.54, 1.807) is 18.0 Å². The first kappa shape index (κ1) is 11.5. The third kappa shape index (κ3) is 2.66. The Balaban J connectivity index is 3.04. The molecule has 0 aliphatic carbocycles. The van der Waals surface area contributed by atoms with Crippen LogP contribution in [0.25, 0.3) is 0 Å². The van der Waals surface area contributed by atoms with E-state index in [1.807, 2.05) is 6.92 Å². The van der Waals surface area contributed by atoms with E-state index in [-0.39, 0.29) is 12.3 Å². The number of benzene rings is 1. The molecule has 0 fully saturated rings. The Labute approximate surface area is 88.1 Å². The Bertz CT molecular complexity index is 366. The van der Waals surface area contributed by atoms with Gasteiger partial charge >= 0.3 is 0 Å². The van der Waals surface area contributed by atoms with Crippen LogP contribution in [0.5, 0.6) is 0 Å². The number of rotatable bonds is 4. The predicted molar refractivity (Wildman–Crippen MR) is 58.2 cm³/mol. The highest BCUT2D eigenvalue weighted by Gasteiger charge is 2.11. The Morgan fingerprint density at radius 1 is 1.53 bits per heavy atom. The molecule has 0 bridgehead atoms. The zero-order valence-corrected chi connectivity index (χ0v) is 8.80. The fourth-order valence-electron chi connectivity index (χ4n) is 1.39. The normalized spacial score (nSPS) is 10.1. The van der Waals surface area contributed by atoms with Crippen molar-refractivity contribution in [1.29, 1.82) is 0 Å². The Morgan fingerprint density at radius 2 is 2.20 bits per heavy atom. The minimum atomic E-state index is -0.421. The van der Waals surface area contributed by atoms with Crippen molar-refractivity contribution in [2.45, 2.75) is 6.92 Å². The third-order valence-corrected chi connectivity index (χ3v) is 2.25. The molecule has 0 aromatic heterocycles. The number of non-ortho nitro benzene ring substituents is 1. The first-order valence-electron chi connectivity index (χ1n) is 4.63. The second-order valence-electron chi connectivity index (χ2n) is 3.37. The highest BCUT2D eigenvalue weighted by atomic mass is 16.6. The molecule has 1 aromatic rings. The van der Waals surface area contributed by atoms with E-state index in [2.05, 4.69) is 0 Å². The fourth-order valence-corrected chi connectivity index (χ4v) is 1.39. The lowest BCUT2D eigenvalue weighted by Crippen LogP contribution is -2.22. The lowest BCUT2D eigenvalue weighted by molar-refractivity contribution is -0.384. The van der Waals surface area contributed by atoms with E-state index in [0.717, 1.165) is 11.3 Å². The monoisotopic (exact) mass is 210 g/mol. The average Bonchev–Trinajstić information content (AvgIpc) is 2.18. The Hall–Kier alpha value is -1.62.